The molecule has 0 saturated heterocycles. The van der Waals surface area contributed by atoms with Gasteiger partial charge in [0.25, 0.3) is 0 Å². The number of carbonyl (C=O) groups is 1. The van der Waals surface area contributed by atoms with Gasteiger partial charge in [0.1, 0.15) is 25.1 Å². The topological polar surface area (TPSA) is 88.3 Å². The molecule has 0 unspecified atom stereocenters. The molecule has 1 heterocycles. The van der Waals surface area contributed by atoms with Crippen molar-refractivity contribution in [3.05, 3.63) is 30.0 Å². The number of alkyl halides is 1. The number of hydrogen-bond donors (Lipinski definition) is 3. The van der Waals surface area contributed by atoms with Gasteiger partial charge in [-0.2, -0.15) is 0 Å². The summed E-state index contributed by atoms with van der Waals surface area (Å²) in [6, 6.07) is 4.34. The number of nitrogens with one attached hydrogen (secondary N) is 1. The van der Waals surface area contributed by atoms with Crippen molar-refractivity contribution >= 4 is 16.9 Å². The molecule has 0 aliphatic carbocycles. The molecule has 0 radical (unpaired) electrons. The lowest BCUT2D eigenvalue weighted by Crippen LogP contribution is -2.32. The Balaban J connectivity index is 2.26. The quantitative estimate of drug-likeness (QED) is 0.738. The Labute approximate surface area is 109 Å². The Kier molecular flexibility index (Phi) is 4.01. The van der Waals surface area contributed by atoms with Crippen LogP contribution in [0.4, 0.5) is 4.39 Å². The first-order chi connectivity index (χ1) is 9.11. The number of carboxylic acid groups (broad SMARTS) is 1. The molecule has 0 saturated carbocycles. The van der Waals surface area contributed by atoms with Crippen LogP contribution in [0.1, 0.15) is 5.56 Å². The third-order valence-electron chi connectivity index (χ3n) is 2.84. The maximum absolute atomic E-state index is 12.1. The molecule has 2 aromatic rings. The Hall–Kier alpha value is -2.08. The van der Waals surface area contributed by atoms with Crippen molar-refractivity contribution in [1.29, 1.82) is 0 Å². The van der Waals surface area contributed by atoms with Gasteiger partial charge >= 0.3 is 5.97 Å². The Morgan fingerprint density at radius 1 is 1.53 bits per heavy atom. The van der Waals surface area contributed by atoms with E-state index in [2.05, 4.69) is 4.98 Å². The lowest BCUT2D eigenvalue weighted by molar-refractivity contribution is -0.138. The second kappa shape index (κ2) is 5.71. The summed E-state index contributed by atoms with van der Waals surface area (Å²) in [5.41, 5.74) is 7.19. The second-order valence-electron chi connectivity index (χ2n) is 4.21. The van der Waals surface area contributed by atoms with Crippen molar-refractivity contribution in [1.82, 2.24) is 4.98 Å². The van der Waals surface area contributed by atoms with E-state index in [1.54, 1.807) is 24.4 Å². The molecule has 0 amide bonds. The fourth-order valence-corrected chi connectivity index (χ4v) is 1.90. The minimum atomic E-state index is -1.04. The van der Waals surface area contributed by atoms with Crippen molar-refractivity contribution in [3.63, 3.8) is 0 Å². The summed E-state index contributed by atoms with van der Waals surface area (Å²) in [5, 5.41) is 9.66. The van der Waals surface area contributed by atoms with Gasteiger partial charge in [-0.15, -0.1) is 0 Å². The van der Waals surface area contributed by atoms with E-state index < -0.39 is 18.7 Å². The highest BCUT2D eigenvalue weighted by Crippen LogP contribution is 2.24. The zero-order chi connectivity index (χ0) is 13.8. The van der Waals surface area contributed by atoms with Gasteiger partial charge in [-0.25, -0.2) is 4.39 Å². The molecular weight excluding hydrogens is 251 g/mol. The average molecular weight is 266 g/mol. The third-order valence-corrected chi connectivity index (χ3v) is 2.84. The highest BCUT2D eigenvalue weighted by Gasteiger charge is 2.15. The van der Waals surface area contributed by atoms with Crippen molar-refractivity contribution in [2.75, 3.05) is 13.3 Å². The third kappa shape index (κ3) is 3.03. The van der Waals surface area contributed by atoms with Crippen molar-refractivity contribution in [3.8, 4) is 5.75 Å². The van der Waals surface area contributed by atoms with Crippen LogP contribution in [-0.2, 0) is 11.2 Å². The van der Waals surface area contributed by atoms with Gasteiger partial charge in [-0.3, -0.25) is 4.79 Å². The van der Waals surface area contributed by atoms with Crippen molar-refractivity contribution in [2.24, 2.45) is 5.73 Å². The van der Waals surface area contributed by atoms with Crippen molar-refractivity contribution < 1.29 is 19.0 Å². The number of benzene rings is 1. The summed E-state index contributed by atoms with van der Waals surface area (Å²) in [7, 11) is 0. The monoisotopic (exact) mass is 266 g/mol. The lowest BCUT2D eigenvalue weighted by atomic mass is 10.1. The molecule has 1 aromatic carbocycles. The summed E-state index contributed by atoms with van der Waals surface area (Å²) >= 11 is 0. The minimum Gasteiger partial charge on any atom is -0.491 e. The van der Waals surface area contributed by atoms with E-state index in [0.29, 0.717) is 5.75 Å². The molecule has 1 aromatic heterocycles. The number of nitrogens with two attached hydrogens (primary N) is 1. The van der Waals surface area contributed by atoms with Gasteiger partial charge in [0.05, 0.1) is 0 Å². The molecule has 0 aliphatic heterocycles. The van der Waals surface area contributed by atoms with Crippen LogP contribution in [0.2, 0.25) is 0 Å². The number of fused-ring (bicyclic) bond motifs is 1. The highest BCUT2D eigenvalue weighted by atomic mass is 19.1. The molecule has 0 bridgehead atoms. The number of carboxylic acids is 1. The zero-order valence-electron chi connectivity index (χ0n) is 10.2. The Morgan fingerprint density at radius 3 is 3.00 bits per heavy atom. The standard InChI is InChI=1S/C13H15FN2O3/c14-3-4-19-9-1-2-12-10(6-9)8(7-16-12)5-11(15)13(17)18/h1-2,6-7,11,16H,3-5,15H2,(H,17,18)/t11-/m0/s1. The molecule has 0 spiro atoms. The highest BCUT2D eigenvalue weighted by molar-refractivity contribution is 5.85. The van der Waals surface area contributed by atoms with E-state index in [1.807, 2.05) is 0 Å². The van der Waals surface area contributed by atoms with E-state index >= 15 is 0 Å². The Morgan fingerprint density at radius 2 is 2.32 bits per heavy atom. The first-order valence-electron chi connectivity index (χ1n) is 5.89. The smallest absolute Gasteiger partial charge is 0.320 e. The van der Waals surface area contributed by atoms with Crippen LogP contribution < -0.4 is 10.5 Å². The number of halogens is 1. The maximum atomic E-state index is 12.1. The molecule has 0 fully saturated rings. The van der Waals surface area contributed by atoms with E-state index in [0.717, 1.165) is 16.5 Å². The molecule has 4 N–H and O–H groups in total. The molecule has 2 rings (SSSR count). The number of H-pyrrole nitrogens is 1. The Bertz CT molecular complexity index is 582. The number of hydrogen-bond acceptors (Lipinski definition) is 3. The van der Waals surface area contributed by atoms with E-state index in [1.165, 1.54) is 0 Å². The van der Waals surface area contributed by atoms with Crippen LogP contribution in [0.15, 0.2) is 24.4 Å². The number of ether oxygens (including phenoxy) is 1. The van der Waals surface area contributed by atoms with Crippen LogP contribution in [0.25, 0.3) is 10.9 Å². The van der Waals surface area contributed by atoms with Gasteiger partial charge in [0.15, 0.2) is 0 Å². The minimum absolute atomic E-state index is 0.0000966. The molecule has 0 aliphatic rings. The van der Waals surface area contributed by atoms with E-state index in [-0.39, 0.29) is 13.0 Å². The molecule has 102 valence electrons. The van der Waals surface area contributed by atoms with E-state index in [9.17, 15) is 9.18 Å². The van der Waals surface area contributed by atoms with Crippen LogP contribution in [-0.4, -0.2) is 35.4 Å². The molecule has 1 atom stereocenters. The fourth-order valence-electron chi connectivity index (χ4n) is 1.90. The predicted octanol–water partition coefficient (Wildman–Crippen LogP) is 1.47. The van der Waals surface area contributed by atoms with Crippen LogP contribution >= 0.6 is 0 Å². The maximum Gasteiger partial charge on any atom is 0.320 e. The van der Waals surface area contributed by atoms with Gasteiger partial charge in [0.2, 0.25) is 0 Å². The normalized spacial score (nSPS) is 12.5. The summed E-state index contributed by atoms with van der Waals surface area (Å²) in [5.74, 6) is -0.492. The predicted molar refractivity (Wildman–Crippen MR) is 69.1 cm³/mol. The van der Waals surface area contributed by atoms with E-state index in [4.69, 9.17) is 15.6 Å². The molecular formula is C13H15FN2O3. The number of aromatic nitrogens is 1. The zero-order valence-corrected chi connectivity index (χ0v) is 10.2. The first kappa shape index (κ1) is 13.4. The summed E-state index contributed by atoms with van der Waals surface area (Å²) < 4.78 is 17.3. The molecule has 6 heteroatoms. The van der Waals surface area contributed by atoms with Gasteiger partial charge < -0.3 is 20.6 Å². The van der Waals surface area contributed by atoms with Crippen LogP contribution in [0, 0.1) is 0 Å². The van der Waals surface area contributed by atoms with Crippen LogP contribution in [0.3, 0.4) is 0 Å². The van der Waals surface area contributed by atoms with Gasteiger partial charge in [-0.05, 0) is 23.8 Å². The van der Waals surface area contributed by atoms with Gasteiger partial charge in [-0.1, -0.05) is 0 Å². The summed E-state index contributed by atoms with van der Waals surface area (Å²) in [6.45, 7) is -0.554. The summed E-state index contributed by atoms with van der Waals surface area (Å²) in [4.78, 5) is 13.8. The van der Waals surface area contributed by atoms with Gasteiger partial charge in [0, 0.05) is 23.5 Å². The SMILES string of the molecule is N[C@@H](Cc1c[nH]c2ccc(OCCF)cc12)C(=O)O. The average Bonchev–Trinajstić information content (AvgIpc) is 2.79. The number of aromatic amines is 1. The molecule has 19 heavy (non-hydrogen) atoms. The first-order valence-corrected chi connectivity index (χ1v) is 5.89. The van der Waals surface area contributed by atoms with Crippen molar-refractivity contribution in [2.45, 2.75) is 12.5 Å². The lowest BCUT2D eigenvalue weighted by Gasteiger charge is -2.06. The largest absolute Gasteiger partial charge is 0.491 e. The fraction of sp³-hybridized carbons (Fsp3) is 0.308. The summed E-state index contributed by atoms with van der Waals surface area (Å²) in [6.07, 6.45) is 1.95. The second-order valence-corrected chi connectivity index (χ2v) is 4.21. The van der Waals surface area contributed by atoms with Crippen LogP contribution in [0.5, 0.6) is 5.75 Å². The molecule has 5 nitrogen and oxygen atoms in total. The number of rotatable bonds is 6. The number of aliphatic carboxylic acids is 1.